The average molecular weight is 470 g/mol. The van der Waals surface area contributed by atoms with E-state index < -0.39 is 0 Å². The van der Waals surface area contributed by atoms with E-state index in [1.54, 1.807) is 7.11 Å². The molecule has 0 saturated heterocycles. The van der Waals surface area contributed by atoms with Crippen molar-refractivity contribution < 1.29 is 9.47 Å². The van der Waals surface area contributed by atoms with E-state index in [4.69, 9.17) is 9.47 Å². The van der Waals surface area contributed by atoms with Crippen LogP contribution in [0.1, 0.15) is 47.2 Å². The Hall–Kier alpha value is -3.15. The number of hydrogen-bond acceptors (Lipinski definition) is 3. The molecule has 182 valence electrons. The summed E-state index contributed by atoms with van der Waals surface area (Å²) in [5, 5.41) is 9.47. The van der Waals surface area contributed by atoms with Gasteiger partial charge in [-0.2, -0.15) is 0 Å². The standard InChI is InChI=1S/C30H35N3O2/c1-21-8-12-23(13-9-21)18-26(19-35-20-34-3)32-27-6-4-5-7-28(27)33(30(32)31)29(25-16-17-25)24-14-10-22(2)11-15-24/h4-15,25-26,29,31H,16-20H2,1-3H3/t26-,29?/m0/s1. The molecule has 0 spiro atoms. The quantitative estimate of drug-likeness (QED) is 0.231. The summed E-state index contributed by atoms with van der Waals surface area (Å²) in [5.74, 6) is 0.561. The van der Waals surface area contributed by atoms with Crippen LogP contribution in [0.15, 0.2) is 72.8 Å². The van der Waals surface area contributed by atoms with Crippen LogP contribution in [-0.4, -0.2) is 29.6 Å². The van der Waals surface area contributed by atoms with Gasteiger partial charge in [-0.25, -0.2) is 0 Å². The fraction of sp³-hybridized carbons (Fsp3) is 0.367. The van der Waals surface area contributed by atoms with Crippen molar-refractivity contribution in [3.8, 4) is 0 Å². The van der Waals surface area contributed by atoms with Crippen molar-refractivity contribution >= 4 is 11.0 Å². The van der Waals surface area contributed by atoms with Gasteiger partial charge in [-0.15, -0.1) is 0 Å². The van der Waals surface area contributed by atoms with Gasteiger partial charge in [0.1, 0.15) is 6.79 Å². The van der Waals surface area contributed by atoms with E-state index in [1.807, 2.05) is 0 Å². The number of methoxy groups -OCH3 is 1. The second-order valence-corrected chi connectivity index (χ2v) is 9.87. The number of hydrogen-bond donors (Lipinski definition) is 1. The monoisotopic (exact) mass is 469 g/mol. The molecule has 0 radical (unpaired) electrons. The normalized spacial score (nSPS) is 15.4. The molecular weight excluding hydrogens is 434 g/mol. The summed E-state index contributed by atoms with van der Waals surface area (Å²) in [6.07, 6.45) is 3.19. The first-order valence-corrected chi connectivity index (χ1v) is 12.5. The smallest absolute Gasteiger partial charge is 0.203 e. The van der Waals surface area contributed by atoms with E-state index in [-0.39, 0.29) is 18.9 Å². The van der Waals surface area contributed by atoms with Crippen molar-refractivity contribution in [1.29, 1.82) is 5.41 Å². The molecule has 35 heavy (non-hydrogen) atoms. The predicted molar refractivity (Wildman–Crippen MR) is 140 cm³/mol. The van der Waals surface area contributed by atoms with Crippen molar-refractivity contribution in [1.82, 2.24) is 9.13 Å². The molecule has 1 aromatic heterocycles. The summed E-state index contributed by atoms with van der Waals surface area (Å²) in [7, 11) is 1.64. The number of rotatable bonds is 10. The van der Waals surface area contributed by atoms with Gasteiger partial charge >= 0.3 is 0 Å². The zero-order chi connectivity index (χ0) is 24.4. The number of benzene rings is 3. The van der Waals surface area contributed by atoms with Crippen LogP contribution < -0.4 is 5.62 Å². The van der Waals surface area contributed by atoms with Crippen LogP contribution in [0.2, 0.25) is 0 Å². The van der Waals surface area contributed by atoms with E-state index in [0.717, 1.165) is 17.5 Å². The molecule has 5 heteroatoms. The first-order valence-electron chi connectivity index (χ1n) is 12.5. The largest absolute Gasteiger partial charge is 0.359 e. The van der Waals surface area contributed by atoms with Gasteiger partial charge in [0.2, 0.25) is 5.62 Å². The Morgan fingerprint density at radius 1 is 0.857 bits per heavy atom. The molecule has 3 aromatic carbocycles. The summed E-state index contributed by atoms with van der Waals surface area (Å²) < 4.78 is 15.5. The highest BCUT2D eigenvalue weighted by Crippen LogP contribution is 2.44. The second-order valence-electron chi connectivity index (χ2n) is 9.87. The highest BCUT2D eigenvalue weighted by molar-refractivity contribution is 5.76. The zero-order valence-electron chi connectivity index (χ0n) is 20.9. The molecule has 1 fully saturated rings. The van der Waals surface area contributed by atoms with Crippen LogP contribution in [0.25, 0.3) is 11.0 Å². The third-order valence-electron chi connectivity index (χ3n) is 7.09. The molecule has 1 unspecified atom stereocenters. The number of imidazole rings is 1. The van der Waals surface area contributed by atoms with Crippen LogP contribution in [0.3, 0.4) is 0 Å². The van der Waals surface area contributed by atoms with Crippen LogP contribution >= 0.6 is 0 Å². The fourth-order valence-corrected chi connectivity index (χ4v) is 5.16. The molecule has 1 saturated carbocycles. The minimum Gasteiger partial charge on any atom is -0.359 e. The predicted octanol–water partition coefficient (Wildman–Crippen LogP) is 5.94. The average Bonchev–Trinajstić information content (AvgIpc) is 3.66. The van der Waals surface area contributed by atoms with E-state index in [9.17, 15) is 5.41 Å². The molecule has 5 rings (SSSR count). The van der Waals surface area contributed by atoms with Gasteiger partial charge in [0.05, 0.1) is 29.7 Å². The van der Waals surface area contributed by atoms with Gasteiger partial charge in [0, 0.05) is 7.11 Å². The molecule has 0 bridgehead atoms. The van der Waals surface area contributed by atoms with Gasteiger partial charge in [-0.05, 0) is 62.3 Å². The van der Waals surface area contributed by atoms with Gasteiger partial charge < -0.3 is 18.6 Å². The highest BCUT2D eigenvalue weighted by atomic mass is 16.7. The SMILES string of the molecule is COCOC[C@H](Cc1ccc(C)cc1)n1c(=N)n(C(c2ccc(C)cc2)C2CC2)c2ccccc21. The topological polar surface area (TPSA) is 52.2 Å². The molecule has 2 atom stereocenters. The van der Waals surface area contributed by atoms with E-state index in [1.165, 1.54) is 35.1 Å². The summed E-state index contributed by atoms with van der Waals surface area (Å²) >= 11 is 0. The molecule has 1 aliphatic carbocycles. The lowest BCUT2D eigenvalue weighted by atomic mass is 10.0. The highest BCUT2D eigenvalue weighted by Gasteiger charge is 2.36. The number of aryl methyl sites for hydroxylation is 2. The molecular formula is C30H35N3O2. The van der Waals surface area contributed by atoms with E-state index in [2.05, 4.69) is 95.8 Å². The van der Waals surface area contributed by atoms with Gasteiger partial charge in [-0.3, -0.25) is 5.41 Å². The minimum atomic E-state index is -0.0237. The Balaban J connectivity index is 1.63. The Morgan fingerprint density at radius 2 is 1.46 bits per heavy atom. The lowest BCUT2D eigenvalue weighted by molar-refractivity contribution is -0.0416. The summed E-state index contributed by atoms with van der Waals surface area (Å²) in [6, 6.07) is 26.1. The maximum absolute atomic E-state index is 9.47. The van der Waals surface area contributed by atoms with E-state index >= 15 is 0 Å². The summed E-state index contributed by atoms with van der Waals surface area (Å²) in [6.45, 7) is 4.95. The minimum absolute atomic E-state index is 0.0237. The molecule has 1 N–H and O–H groups in total. The maximum Gasteiger partial charge on any atom is 0.203 e. The van der Waals surface area contributed by atoms with Crippen molar-refractivity contribution in [3.05, 3.63) is 101 Å². The number of nitrogens with zero attached hydrogens (tertiary/aromatic N) is 2. The van der Waals surface area contributed by atoms with Crippen molar-refractivity contribution in [2.45, 2.75) is 45.2 Å². The molecule has 4 aromatic rings. The molecule has 1 aliphatic rings. The third kappa shape index (κ3) is 4.97. The fourth-order valence-electron chi connectivity index (χ4n) is 5.16. The molecule has 0 aliphatic heterocycles. The van der Waals surface area contributed by atoms with Gasteiger partial charge in [0.15, 0.2) is 0 Å². The number of nitrogens with one attached hydrogen (secondary N) is 1. The molecule has 0 amide bonds. The van der Waals surface area contributed by atoms with Crippen LogP contribution in [-0.2, 0) is 15.9 Å². The maximum atomic E-state index is 9.47. The Morgan fingerprint density at radius 3 is 2.06 bits per heavy atom. The number of ether oxygens (including phenoxy) is 2. The van der Waals surface area contributed by atoms with Crippen molar-refractivity contribution in [2.24, 2.45) is 5.92 Å². The summed E-state index contributed by atoms with van der Waals surface area (Å²) in [4.78, 5) is 0. The molecule has 1 heterocycles. The molecule has 5 nitrogen and oxygen atoms in total. The van der Waals surface area contributed by atoms with Gasteiger partial charge in [0.25, 0.3) is 0 Å². The number of fused-ring (bicyclic) bond motifs is 1. The number of para-hydroxylation sites is 2. The van der Waals surface area contributed by atoms with Crippen LogP contribution in [0.4, 0.5) is 0 Å². The first kappa shape index (κ1) is 23.6. The first-order chi connectivity index (χ1) is 17.1. The van der Waals surface area contributed by atoms with Crippen molar-refractivity contribution in [2.75, 3.05) is 20.5 Å². The van der Waals surface area contributed by atoms with Crippen LogP contribution in [0.5, 0.6) is 0 Å². The van der Waals surface area contributed by atoms with Crippen molar-refractivity contribution in [3.63, 3.8) is 0 Å². The Kier molecular flexibility index (Phi) is 6.89. The lowest BCUT2D eigenvalue weighted by Crippen LogP contribution is -2.33. The second kappa shape index (κ2) is 10.2. The Labute approximate surface area is 207 Å². The third-order valence-corrected chi connectivity index (χ3v) is 7.09. The lowest BCUT2D eigenvalue weighted by Gasteiger charge is -2.22. The van der Waals surface area contributed by atoms with Crippen LogP contribution in [0, 0.1) is 25.2 Å². The van der Waals surface area contributed by atoms with E-state index in [0.29, 0.717) is 18.1 Å². The zero-order valence-corrected chi connectivity index (χ0v) is 20.9. The van der Waals surface area contributed by atoms with Gasteiger partial charge in [-0.1, -0.05) is 71.8 Å². The Bertz CT molecular complexity index is 1330. The number of aromatic nitrogens is 2. The summed E-state index contributed by atoms with van der Waals surface area (Å²) in [5.41, 5.74) is 7.74.